The summed E-state index contributed by atoms with van der Waals surface area (Å²) in [6.45, 7) is 4.48. The second-order valence-electron chi connectivity index (χ2n) is 8.35. The Labute approximate surface area is 166 Å². The molecule has 0 aromatic heterocycles. The van der Waals surface area contributed by atoms with Gasteiger partial charge in [-0.1, -0.05) is 96.1 Å². The van der Waals surface area contributed by atoms with E-state index in [1.54, 1.807) is 0 Å². The van der Waals surface area contributed by atoms with E-state index < -0.39 is 0 Å². The third-order valence-corrected chi connectivity index (χ3v) is 6.58. The molecule has 4 aromatic carbocycles. The van der Waals surface area contributed by atoms with Crippen molar-refractivity contribution in [3.8, 4) is 11.1 Å². The predicted octanol–water partition coefficient (Wildman–Crippen LogP) is 6.57. The van der Waals surface area contributed by atoms with Gasteiger partial charge in [0.2, 0.25) is 0 Å². The van der Waals surface area contributed by atoms with Gasteiger partial charge in [-0.05, 0) is 64.8 Å². The van der Waals surface area contributed by atoms with Crippen molar-refractivity contribution in [3.05, 3.63) is 129 Å². The van der Waals surface area contributed by atoms with Crippen LogP contribution in [0.5, 0.6) is 0 Å². The van der Waals surface area contributed by atoms with Gasteiger partial charge >= 0.3 is 0 Å². The molecular weight excluding hydrogens is 336 g/mol. The molecule has 0 atom stereocenters. The third kappa shape index (κ3) is 1.85. The zero-order valence-electron chi connectivity index (χ0n) is 16.3. The number of aryl methyl sites for hydroxylation is 2. The third-order valence-electron chi connectivity index (χ3n) is 6.58. The van der Waals surface area contributed by atoms with Crippen molar-refractivity contribution < 1.29 is 0 Å². The molecule has 2 aliphatic carbocycles. The molecule has 0 spiro atoms. The fourth-order valence-corrected chi connectivity index (χ4v) is 5.70. The average Bonchev–Trinajstić information content (AvgIpc) is 3.21. The predicted molar refractivity (Wildman–Crippen MR) is 116 cm³/mol. The van der Waals surface area contributed by atoms with Crippen LogP contribution in [0.25, 0.3) is 11.1 Å². The molecule has 0 heterocycles. The van der Waals surface area contributed by atoms with Gasteiger partial charge in [0, 0.05) is 0 Å². The van der Waals surface area contributed by atoms with Crippen LogP contribution >= 0.6 is 0 Å². The Balaban J connectivity index is 1.86. The van der Waals surface area contributed by atoms with Crippen LogP contribution in [0.2, 0.25) is 0 Å². The number of benzene rings is 4. The lowest BCUT2D eigenvalue weighted by Gasteiger charge is -2.35. The van der Waals surface area contributed by atoms with E-state index in [1.165, 1.54) is 55.6 Å². The summed E-state index contributed by atoms with van der Waals surface area (Å²) in [6, 6.07) is 31.8. The van der Waals surface area contributed by atoms with Gasteiger partial charge in [-0.2, -0.15) is 0 Å². The van der Waals surface area contributed by atoms with Gasteiger partial charge in [0.15, 0.2) is 0 Å². The number of hydrogen-bond donors (Lipinski definition) is 0. The minimum absolute atomic E-state index is 0.241. The standard InChI is InChI=1S/C28H22/c1-18-13-20-17-21-14-19(2)16-25-27(21)26(20)24(15-18)28(25,22-9-5-3-6-10-22)23-11-7-4-8-12-23/h3-16H,17H2,1-2H3. The van der Waals surface area contributed by atoms with Gasteiger partial charge in [0.1, 0.15) is 0 Å². The lowest BCUT2D eigenvalue weighted by molar-refractivity contribution is 0.763. The lowest BCUT2D eigenvalue weighted by Crippen LogP contribution is -2.29. The molecular formula is C28H22. The molecule has 0 radical (unpaired) electrons. The molecule has 0 aliphatic heterocycles. The number of hydrogen-bond acceptors (Lipinski definition) is 0. The molecule has 2 aliphatic rings. The van der Waals surface area contributed by atoms with Gasteiger partial charge in [-0.3, -0.25) is 0 Å². The molecule has 28 heavy (non-hydrogen) atoms. The highest BCUT2D eigenvalue weighted by atomic mass is 14.5. The summed E-state index contributed by atoms with van der Waals surface area (Å²) in [6.07, 6.45) is 1.06. The highest BCUT2D eigenvalue weighted by molar-refractivity contribution is 5.93. The average molecular weight is 358 g/mol. The first-order chi connectivity index (χ1) is 13.7. The van der Waals surface area contributed by atoms with Crippen molar-refractivity contribution in [2.45, 2.75) is 25.7 Å². The van der Waals surface area contributed by atoms with E-state index in [1.807, 2.05) is 0 Å². The maximum Gasteiger partial charge on any atom is 0.0713 e. The Morgan fingerprint density at radius 3 is 1.43 bits per heavy atom. The Morgan fingerprint density at radius 2 is 1.00 bits per heavy atom. The van der Waals surface area contributed by atoms with E-state index >= 15 is 0 Å². The summed E-state index contributed by atoms with van der Waals surface area (Å²) in [4.78, 5) is 0. The summed E-state index contributed by atoms with van der Waals surface area (Å²) in [5.74, 6) is 0. The minimum Gasteiger partial charge on any atom is -0.0622 e. The van der Waals surface area contributed by atoms with Crippen LogP contribution in [0.3, 0.4) is 0 Å². The van der Waals surface area contributed by atoms with Gasteiger partial charge < -0.3 is 0 Å². The van der Waals surface area contributed by atoms with Crippen molar-refractivity contribution in [2.24, 2.45) is 0 Å². The molecule has 0 heteroatoms. The van der Waals surface area contributed by atoms with Crippen LogP contribution in [0.1, 0.15) is 44.5 Å². The normalized spacial score (nSPS) is 14.9. The molecule has 0 bridgehead atoms. The van der Waals surface area contributed by atoms with Gasteiger partial charge in [-0.15, -0.1) is 0 Å². The molecule has 0 N–H and O–H groups in total. The van der Waals surface area contributed by atoms with Gasteiger partial charge in [0.05, 0.1) is 5.41 Å². The Kier molecular flexibility index (Phi) is 3.09. The molecule has 0 fully saturated rings. The van der Waals surface area contributed by atoms with Crippen LogP contribution in [0, 0.1) is 13.8 Å². The first kappa shape index (κ1) is 15.9. The monoisotopic (exact) mass is 358 g/mol. The summed E-state index contributed by atoms with van der Waals surface area (Å²) >= 11 is 0. The molecule has 0 saturated carbocycles. The van der Waals surface area contributed by atoms with Crippen molar-refractivity contribution in [1.29, 1.82) is 0 Å². The van der Waals surface area contributed by atoms with E-state index in [4.69, 9.17) is 0 Å². The topological polar surface area (TPSA) is 0 Å². The molecule has 0 saturated heterocycles. The van der Waals surface area contributed by atoms with Gasteiger partial charge in [-0.25, -0.2) is 0 Å². The van der Waals surface area contributed by atoms with E-state index in [9.17, 15) is 0 Å². The molecule has 0 amide bonds. The molecule has 6 rings (SSSR count). The van der Waals surface area contributed by atoms with Crippen molar-refractivity contribution in [3.63, 3.8) is 0 Å². The highest BCUT2D eigenvalue weighted by Gasteiger charge is 2.49. The Hall–Kier alpha value is -3.12. The lowest BCUT2D eigenvalue weighted by atomic mass is 9.66. The highest BCUT2D eigenvalue weighted by Crippen LogP contribution is 2.60. The van der Waals surface area contributed by atoms with E-state index in [-0.39, 0.29) is 5.41 Å². The molecule has 134 valence electrons. The molecule has 0 unspecified atom stereocenters. The minimum atomic E-state index is -0.241. The van der Waals surface area contributed by atoms with Crippen molar-refractivity contribution in [2.75, 3.05) is 0 Å². The van der Waals surface area contributed by atoms with Crippen LogP contribution in [-0.4, -0.2) is 0 Å². The summed E-state index contributed by atoms with van der Waals surface area (Å²) in [5, 5.41) is 0. The van der Waals surface area contributed by atoms with Crippen LogP contribution in [-0.2, 0) is 11.8 Å². The van der Waals surface area contributed by atoms with Crippen LogP contribution < -0.4 is 0 Å². The zero-order valence-corrected chi connectivity index (χ0v) is 16.3. The number of rotatable bonds is 2. The summed E-state index contributed by atoms with van der Waals surface area (Å²) in [5.41, 5.74) is 14.1. The summed E-state index contributed by atoms with van der Waals surface area (Å²) in [7, 11) is 0. The molecule has 4 aromatic rings. The van der Waals surface area contributed by atoms with E-state index in [0.717, 1.165) is 6.42 Å². The maximum atomic E-state index is 2.43. The first-order valence-corrected chi connectivity index (χ1v) is 10.1. The second kappa shape index (κ2) is 5.45. The smallest absolute Gasteiger partial charge is 0.0622 e. The Morgan fingerprint density at radius 1 is 0.571 bits per heavy atom. The second-order valence-corrected chi connectivity index (χ2v) is 8.35. The quantitative estimate of drug-likeness (QED) is 0.328. The molecule has 0 nitrogen and oxygen atoms in total. The largest absolute Gasteiger partial charge is 0.0713 e. The Bertz CT molecular complexity index is 1130. The van der Waals surface area contributed by atoms with Crippen molar-refractivity contribution in [1.82, 2.24) is 0 Å². The van der Waals surface area contributed by atoms with Crippen LogP contribution in [0.4, 0.5) is 0 Å². The van der Waals surface area contributed by atoms with Gasteiger partial charge in [0.25, 0.3) is 0 Å². The van der Waals surface area contributed by atoms with E-state index in [0.29, 0.717) is 0 Å². The SMILES string of the molecule is Cc1cc2c3c(c1)C(c1ccccc1)(c1ccccc1)c1cc(C)cc(c1-3)C2. The maximum absolute atomic E-state index is 2.43. The summed E-state index contributed by atoms with van der Waals surface area (Å²) < 4.78 is 0. The first-order valence-electron chi connectivity index (χ1n) is 10.1. The van der Waals surface area contributed by atoms with E-state index in [2.05, 4.69) is 98.8 Å². The fourth-order valence-electron chi connectivity index (χ4n) is 5.70. The van der Waals surface area contributed by atoms with Crippen LogP contribution in [0.15, 0.2) is 84.9 Å². The fraction of sp³-hybridized carbons (Fsp3) is 0.143. The zero-order chi connectivity index (χ0) is 18.9. The van der Waals surface area contributed by atoms with Crippen molar-refractivity contribution >= 4 is 0 Å².